The van der Waals surface area contributed by atoms with E-state index in [1.54, 1.807) is 0 Å². The monoisotopic (exact) mass is 222 g/mol. The Morgan fingerprint density at radius 1 is 1.06 bits per heavy atom. The van der Waals surface area contributed by atoms with Crippen LogP contribution in [0.25, 0.3) is 0 Å². The average Bonchev–Trinajstić information content (AvgIpc) is 2.22. The average molecular weight is 222 g/mol. The van der Waals surface area contributed by atoms with Crippen molar-refractivity contribution in [3.05, 3.63) is 0 Å². The highest BCUT2D eigenvalue weighted by atomic mass is 16.3. The Kier molecular flexibility index (Phi) is 1.98. The van der Waals surface area contributed by atoms with Gasteiger partial charge in [-0.25, -0.2) is 0 Å². The van der Waals surface area contributed by atoms with Crippen molar-refractivity contribution in [1.82, 2.24) is 0 Å². The first-order valence-corrected chi connectivity index (χ1v) is 7.05. The third-order valence-electron chi connectivity index (χ3n) is 7.05. The molecule has 0 radical (unpaired) electrons. The number of hydrogen-bond acceptors (Lipinski definition) is 1. The number of aliphatic hydroxyl groups is 1. The van der Waals surface area contributed by atoms with Crippen molar-refractivity contribution in [3.8, 4) is 0 Å². The van der Waals surface area contributed by atoms with Crippen LogP contribution in [0.4, 0.5) is 0 Å². The summed E-state index contributed by atoms with van der Waals surface area (Å²) in [5, 5.41) is 11.3. The molecule has 4 fully saturated rings. The molecule has 0 spiro atoms. The zero-order valence-electron chi connectivity index (χ0n) is 11.2. The Balaban J connectivity index is 2.13. The van der Waals surface area contributed by atoms with E-state index in [0.29, 0.717) is 0 Å². The smallest absolute Gasteiger partial charge is 0.0757 e. The molecule has 1 heteroatoms. The molecule has 4 aliphatic carbocycles. The highest BCUT2D eigenvalue weighted by Gasteiger charge is 2.69. The third-order valence-corrected chi connectivity index (χ3v) is 7.05. The van der Waals surface area contributed by atoms with Crippen molar-refractivity contribution < 1.29 is 5.11 Å². The standard InChI is InChI=1S/C15H26O/c1-10-5-8-15(16)13(2,3)11-6-7-14(15,4)12(10)9-11/h10-12,16H,5-9H2,1-4H3/t10-,11+,12-,14-,15+/m0/s1. The topological polar surface area (TPSA) is 20.2 Å². The van der Waals surface area contributed by atoms with Gasteiger partial charge in [-0.3, -0.25) is 0 Å². The Morgan fingerprint density at radius 3 is 2.44 bits per heavy atom. The molecule has 0 aromatic heterocycles. The first-order chi connectivity index (χ1) is 7.33. The maximum absolute atomic E-state index is 11.3. The van der Waals surface area contributed by atoms with E-state index in [4.69, 9.17) is 0 Å². The quantitative estimate of drug-likeness (QED) is 0.664. The van der Waals surface area contributed by atoms with Crippen molar-refractivity contribution in [2.24, 2.45) is 28.6 Å². The first kappa shape index (κ1) is 11.1. The van der Waals surface area contributed by atoms with Gasteiger partial charge >= 0.3 is 0 Å². The number of rotatable bonds is 0. The van der Waals surface area contributed by atoms with E-state index in [0.717, 1.165) is 24.2 Å². The Bertz CT molecular complexity index is 321. The van der Waals surface area contributed by atoms with Crippen LogP contribution in [-0.2, 0) is 0 Å². The van der Waals surface area contributed by atoms with Crippen molar-refractivity contribution in [2.75, 3.05) is 0 Å². The van der Waals surface area contributed by atoms with E-state index in [1.165, 1.54) is 25.7 Å². The van der Waals surface area contributed by atoms with E-state index in [1.807, 2.05) is 0 Å². The van der Waals surface area contributed by atoms with Gasteiger partial charge in [-0.2, -0.15) is 0 Å². The lowest BCUT2D eigenvalue weighted by molar-refractivity contribution is -0.291. The predicted octanol–water partition coefficient (Wildman–Crippen LogP) is 3.61. The van der Waals surface area contributed by atoms with E-state index >= 15 is 0 Å². The molecule has 5 atom stereocenters. The summed E-state index contributed by atoms with van der Waals surface area (Å²) in [6.45, 7) is 9.43. The fourth-order valence-corrected chi connectivity index (χ4v) is 5.69. The lowest BCUT2D eigenvalue weighted by Gasteiger charge is -2.71. The summed E-state index contributed by atoms with van der Waals surface area (Å²) in [6, 6.07) is 0. The highest BCUT2D eigenvalue weighted by molar-refractivity contribution is 5.19. The van der Waals surface area contributed by atoms with Crippen molar-refractivity contribution in [1.29, 1.82) is 0 Å². The minimum atomic E-state index is -0.391. The molecule has 0 amide bonds. The molecule has 4 rings (SSSR count). The van der Waals surface area contributed by atoms with Gasteiger partial charge in [-0.1, -0.05) is 27.7 Å². The maximum Gasteiger partial charge on any atom is 0.0757 e. The summed E-state index contributed by atoms with van der Waals surface area (Å²) in [5.41, 5.74) is -0.0576. The van der Waals surface area contributed by atoms with Crippen LogP contribution in [0.1, 0.15) is 59.8 Å². The summed E-state index contributed by atoms with van der Waals surface area (Å²) < 4.78 is 0. The minimum Gasteiger partial charge on any atom is -0.389 e. The Morgan fingerprint density at radius 2 is 1.75 bits per heavy atom. The van der Waals surface area contributed by atoms with Gasteiger partial charge in [0.05, 0.1) is 5.60 Å². The van der Waals surface area contributed by atoms with Gasteiger partial charge < -0.3 is 5.11 Å². The van der Waals surface area contributed by atoms with E-state index in [2.05, 4.69) is 27.7 Å². The summed E-state index contributed by atoms with van der Waals surface area (Å²) in [6.07, 6.45) is 6.23. The zero-order valence-corrected chi connectivity index (χ0v) is 11.2. The molecular formula is C15H26O. The van der Waals surface area contributed by atoms with Gasteiger partial charge in [0.15, 0.2) is 0 Å². The Hall–Kier alpha value is -0.0400. The van der Waals surface area contributed by atoms with Crippen LogP contribution in [0, 0.1) is 28.6 Å². The SMILES string of the molecule is C[C@H]1CC[C@@]2(O)C(C)(C)[C@@H]3CC[C@@]2(C)[C@H]1C3. The fourth-order valence-electron chi connectivity index (χ4n) is 5.69. The van der Waals surface area contributed by atoms with Crippen molar-refractivity contribution in [2.45, 2.75) is 65.4 Å². The van der Waals surface area contributed by atoms with E-state index in [9.17, 15) is 5.11 Å². The second kappa shape index (κ2) is 2.85. The van der Waals surface area contributed by atoms with Gasteiger partial charge in [0.25, 0.3) is 0 Å². The predicted molar refractivity (Wildman–Crippen MR) is 66.1 cm³/mol. The number of hydrogen-bond donors (Lipinski definition) is 1. The zero-order chi connectivity index (χ0) is 11.8. The molecule has 1 N–H and O–H groups in total. The van der Waals surface area contributed by atoms with Gasteiger partial charge in [-0.05, 0) is 60.7 Å². The van der Waals surface area contributed by atoms with Gasteiger partial charge in [0, 0.05) is 0 Å². The largest absolute Gasteiger partial charge is 0.389 e. The molecule has 0 saturated heterocycles. The molecule has 4 saturated carbocycles. The van der Waals surface area contributed by atoms with Crippen LogP contribution in [0.3, 0.4) is 0 Å². The lowest BCUT2D eigenvalue weighted by atomic mass is 9.35. The van der Waals surface area contributed by atoms with E-state index < -0.39 is 5.60 Å². The van der Waals surface area contributed by atoms with Crippen LogP contribution in [0.5, 0.6) is 0 Å². The van der Waals surface area contributed by atoms with Crippen LogP contribution < -0.4 is 0 Å². The summed E-state index contributed by atoms with van der Waals surface area (Å²) in [7, 11) is 0. The summed E-state index contributed by atoms with van der Waals surface area (Å²) >= 11 is 0. The molecule has 0 aromatic rings. The summed E-state index contributed by atoms with van der Waals surface area (Å²) in [4.78, 5) is 0. The number of fused-ring (bicyclic) bond motifs is 1. The third kappa shape index (κ3) is 0.939. The van der Waals surface area contributed by atoms with Crippen molar-refractivity contribution >= 4 is 0 Å². The van der Waals surface area contributed by atoms with E-state index in [-0.39, 0.29) is 10.8 Å². The second-order valence-corrected chi connectivity index (χ2v) is 7.59. The van der Waals surface area contributed by atoms with Crippen LogP contribution in [0.15, 0.2) is 0 Å². The second-order valence-electron chi connectivity index (χ2n) is 7.59. The molecule has 92 valence electrons. The minimum absolute atomic E-state index is 0.136. The molecule has 16 heavy (non-hydrogen) atoms. The molecule has 4 bridgehead atoms. The molecule has 1 nitrogen and oxygen atoms in total. The Labute approximate surface area is 99.6 Å². The van der Waals surface area contributed by atoms with Crippen molar-refractivity contribution in [3.63, 3.8) is 0 Å². The lowest BCUT2D eigenvalue weighted by Crippen LogP contribution is -2.71. The van der Waals surface area contributed by atoms with Gasteiger partial charge in [0.1, 0.15) is 0 Å². The van der Waals surface area contributed by atoms with Crippen LogP contribution >= 0.6 is 0 Å². The van der Waals surface area contributed by atoms with Crippen LogP contribution in [-0.4, -0.2) is 10.7 Å². The molecular weight excluding hydrogens is 196 g/mol. The highest BCUT2D eigenvalue weighted by Crippen LogP contribution is 2.71. The van der Waals surface area contributed by atoms with Crippen LogP contribution in [0.2, 0.25) is 0 Å². The molecule has 0 aliphatic heterocycles. The van der Waals surface area contributed by atoms with Gasteiger partial charge in [-0.15, -0.1) is 0 Å². The summed E-state index contributed by atoms with van der Waals surface area (Å²) in [5.74, 6) is 2.36. The maximum atomic E-state index is 11.3. The normalized spacial score (nSPS) is 58.7. The fraction of sp³-hybridized carbons (Fsp3) is 1.00. The molecule has 0 aromatic carbocycles. The van der Waals surface area contributed by atoms with Gasteiger partial charge in [0.2, 0.25) is 0 Å². The molecule has 0 unspecified atom stereocenters. The molecule has 0 heterocycles. The first-order valence-electron chi connectivity index (χ1n) is 7.05. The molecule has 4 aliphatic rings.